The molecule has 0 unspecified atom stereocenters. The van der Waals surface area contributed by atoms with Crippen molar-refractivity contribution in [1.82, 2.24) is 15.1 Å². The molecule has 0 aliphatic carbocycles. The fourth-order valence-corrected chi connectivity index (χ4v) is 3.26. The summed E-state index contributed by atoms with van der Waals surface area (Å²) in [6.45, 7) is 8.55. The van der Waals surface area contributed by atoms with Crippen LogP contribution >= 0.6 is 0 Å². The van der Waals surface area contributed by atoms with E-state index in [2.05, 4.69) is 37.4 Å². The molecule has 0 bridgehead atoms. The molecule has 1 fully saturated rings. The highest BCUT2D eigenvalue weighted by molar-refractivity contribution is 5.91. The molecular formula is C20H25N5O3. The molecule has 1 saturated heterocycles. The van der Waals surface area contributed by atoms with Gasteiger partial charge in [0, 0.05) is 38.6 Å². The maximum Gasteiger partial charge on any atom is 0.231 e. The van der Waals surface area contributed by atoms with E-state index < -0.39 is 0 Å². The Balaban J connectivity index is 1.29. The number of nitrogens with one attached hydrogen (secondary N) is 1. The van der Waals surface area contributed by atoms with Crippen molar-refractivity contribution in [1.29, 1.82) is 0 Å². The number of amides is 1. The van der Waals surface area contributed by atoms with Gasteiger partial charge in [0.1, 0.15) is 0 Å². The molecule has 148 valence electrons. The highest BCUT2D eigenvalue weighted by Gasteiger charge is 2.20. The fourth-order valence-electron chi connectivity index (χ4n) is 3.26. The third-order valence-electron chi connectivity index (χ3n) is 4.97. The Bertz CT molecular complexity index is 832. The predicted molar refractivity (Wildman–Crippen MR) is 106 cm³/mol. The van der Waals surface area contributed by atoms with E-state index in [1.54, 1.807) is 0 Å². The van der Waals surface area contributed by atoms with E-state index in [4.69, 9.17) is 9.47 Å². The average Bonchev–Trinajstić information content (AvgIpc) is 3.17. The van der Waals surface area contributed by atoms with Gasteiger partial charge in [-0.05, 0) is 29.8 Å². The van der Waals surface area contributed by atoms with Crippen molar-refractivity contribution >= 4 is 17.5 Å². The molecule has 28 heavy (non-hydrogen) atoms. The minimum atomic E-state index is -0.0840. The van der Waals surface area contributed by atoms with Gasteiger partial charge in [-0.2, -0.15) is 0 Å². The van der Waals surface area contributed by atoms with Crippen molar-refractivity contribution in [3.8, 4) is 11.5 Å². The van der Waals surface area contributed by atoms with Crippen molar-refractivity contribution < 1.29 is 14.3 Å². The van der Waals surface area contributed by atoms with Gasteiger partial charge in [0.15, 0.2) is 23.1 Å². The molecule has 1 aromatic heterocycles. The first-order chi connectivity index (χ1) is 13.6. The summed E-state index contributed by atoms with van der Waals surface area (Å²) in [7, 11) is 0. The third kappa shape index (κ3) is 4.17. The minimum absolute atomic E-state index is 0.0563. The van der Waals surface area contributed by atoms with Crippen LogP contribution in [0.1, 0.15) is 19.4 Å². The summed E-state index contributed by atoms with van der Waals surface area (Å²) in [5.41, 5.74) is 1.22. The summed E-state index contributed by atoms with van der Waals surface area (Å²) in [6, 6.07) is 9.85. The lowest BCUT2D eigenvalue weighted by Crippen LogP contribution is -2.46. The molecule has 2 aromatic rings. The Kier molecular flexibility index (Phi) is 5.29. The largest absolute Gasteiger partial charge is 0.454 e. The Labute approximate surface area is 164 Å². The first kappa shape index (κ1) is 18.5. The second kappa shape index (κ2) is 8.02. The number of anilines is 2. The molecule has 1 aromatic carbocycles. The van der Waals surface area contributed by atoms with Gasteiger partial charge in [-0.15, -0.1) is 10.2 Å². The van der Waals surface area contributed by atoms with Crippen LogP contribution in [0.5, 0.6) is 11.5 Å². The number of hydrogen-bond donors (Lipinski definition) is 1. The molecule has 4 rings (SSSR count). The lowest BCUT2D eigenvalue weighted by Gasteiger charge is -2.35. The van der Waals surface area contributed by atoms with E-state index >= 15 is 0 Å². The molecule has 0 atom stereocenters. The van der Waals surface area contributed by atoms with Crippen LogP contribution in [0.2, 0.25) is 0 Å². The first-order valence-electron chi connectivity index (χ1n) is 9.59. The van der Waals surface area contributed by atoms with E-state index in [9.17, 15) is 4.79 Å². The smallest absolute Gasteiger partial charge is 0.231 e. The zero-order valence-electron chi connectivity index (χ0n) is 16.2. The SMILES string of the molecule is CC(C)C(=O)Nc1ccc(N2CCN(Cc3ccc4c(c3)OCO4)CC2)nn1. The first-order valence-corrected chi connectivity index (χ1v) is 9.59. The monoisotopic (exact) mass is 383 g/mol. The van der Waals surface area contributed by atoms with Crippen molar-refractivity contribution in [3.05, 3.63) is 35.9 Å². The molecule has 0 saturated carbocycles. The molecule has 1 N–H and O–H groups in total. The van der Waals surface area contributed by atoms with Crippen LogP contribution < -0.4 is 19.7 Å². The number of hydrogen-bond acceptors (Lipinski definition) is 7. The molecule has 0 spiro atoms. The van der Waals surface area contributed by atoms with E-state index in [1.165, 1.54) is 5.56 Å². The Hall–Kier alpha value is -2.87. The molecule has 8 nitrogen and oxygen atoms in total. The van der Waals surface area contributed by atoms with Gasteiger partial charge in [0.2, 0.25) is 12.7 Å². The third-order valence-corrected chi connectivity index (χ3v) is 4.97. The summed E-state index contributed by atoms with van der Waals surface area (Å²) >= 11 is 0. The predicted octanol–water partition coefficient (Wildman–Crippen LogP) is 2.12. The van der Waals surface area contributed by atoms with Crippen LogP contribution in [0, 0.1) is 5.92 Å². The highest BCUT2D eigenvalue weighted by atomic mass is 16.7. The lowest BCUT2D eigenvalue weighted by molar-refractivity contribution is -0.118. The van der Waals surface area contributed by atoms with Gasteiger partial charge in [0.05, 0.1) is 0 Å². The van der Waals surface area contributed by atoms with Crippen molar-refractivity contribution in [2.75, 3.05) is 43.2 Å². The number of piperazine rings is 1. The molecule has 2 aliphatic rings. The summed E-state index contributed by atoms with van der Waals surface area (Å²) in [5.74, 6) is 2.84. The van der Waals surface area contributed by atoms with Gasteiger partial charge >= 0.3 is 0 Å². The highest BCUT2D eigenvalue weighted by Crippen LogP contribution is 2.32. The van der Waals surface area contributed by atoms with Crippen LogP contribution in [0.3, 0.4) is 0 Å². The number of fused-ring (bicyclic) bond motifs is 1. The summed E-state index contributed by atoms with van der Waals surface area (Å²) < 4.78 is 10.8. The number of carbonyl (C=O) groups is 1. The molecule has 3 heterocycles. The molecule has 2 aliphatic heterocycles. The van der Waals surface area contributed by atoms with Crippen LogP contribution in [-0.4, -0.2) is 54.0 Å². The summed E-state index contributed by atoms with van der Waals surface area (Å²) in [6.07, 6.45) is 0. The van der Waals surface area contributed by atoms with E-state index in [1.807, 2.05) is 32.0 Å². The van der Waals surface area contributed by atoms with Gasteiger partial charge in [-0.1, -0.05) is 19.9 Å². The number of carbonyl (C=O) groups excluding carboxylic acids is 1. The quantitative estimate of drug-likeness (QED) is 0.847. The Morgan fingerprint density at radius 1 is 1.07 bits per heavy atom. The number of aromatic nitrogens is 2. The fraction of sp³-hybridized carbons (Fsp3) is 0.450. The second-order valence-electron chi connectivity index (χ2n) is 7.37. The second-order valence-corrected chi connectivity index (χ2v) is 7.37. The number of ether oxygens (including phenoxy) is 2. The van der Waals surface area contributed by atoms with Crippen molar-refractivity contribution in [2.24, 2.45) is 5.92 Å². The average molecular weight is 383 g/mol. The molecule has 1 amide bonds. The van der Waals surface area contributed by atoms with E-state index in [0.717, 1.165) is 50.0 Å². The standard InChI is InChI=1S/C20H25N5O3/c1-14(2)20(26)21-18-5-6-19(23-22-18)25-9-7-24(8-10-25)12-15-3-4-16-17(11-15)28-13-27-16/h3-6,11,14H,7-10,12-13H2,1-2H3,(H,21,22,26). The molecule has 8 heteroatoms. The lowest BCUT2D eigenvalue weighted by atomic mass is 10.1. The maximum absolute atomic E-state index is 11.7. The van der Waals surface area contributed by atoms with E-state index in [0.29, 0.717) is 12.6 Å². The molecule has 0 radical (unpaired) electrons. The van der Waals surface area contributed by atoms with Crippen LogP contribution in [0.4, 0.5) is 11.6 Å². The van der Waals surface area contributed by atoms with Gasteiger partial charge in [0.25, 0.3) is 0 Å². The topological polar surface area (TPSA) is 79.8 Å². The zero-order valence-corrected chi connectivity index (χ0v) is 16.2. The van der Waals surface area contributed by atoms with Crippen LogP contribution in [0.25, 0.3) is 0 Å². The van der Waals surface area contributed by atoms with Crippen molar-refractivity contribution in [3.63, 3.8) is 0 Å². The maximum atomic E-state index is 11.7. The van der Waals surface area contributed by atoms with Gasteiger partial charge in [-0.25, -0.2) is 0 Å². The van der Waals surface area contributed by atoms with Crippen LogP contribution in [0.15, 0.2) is 30.3 Å². The number of benzene rings is 1. The number of rotatable bonds is 5. The summed E-state index contributed by atoms with van der Waals surface area (Å²) in [5, 5.41) is 11.2. The Morgan fingerprint density at radius 3 is 2.57 bits per heavy atom. The van der Waals surface area contributed by atoms with Crippen molar-refractivity contribution in [2.45, 2.75) is 20.4 Å². The zero-order chi connectivity index (χ0) is 19.5. The van der Waals surface area contributed by atoms with Crippen LogP contribution in [-0.2, 0) is 11.3 Å². The number of nitrogens with zero attached hydrogens (tertiary/aromatic N) is 4. The Morgan fingerprint density at radius 2 is 1.86 bits per heavy atom. The normalized spacial score (nSPS) is 16.5. The molecular weight excluding hydrogens is 358 g/mol. The van der Waals surface area contributed by atoms with Gasteiger partial charge in [-0.3, -0.25) is 9.69 Å². The van der Waals surface area contributed by atoms with E-state index in [-0.39, 0.29) is 11.8 Å². The van der Waals surface area contributed by atoms with Gasteiger partial charge < -0.3 is 19.7 Å². The minimum Gasteiger partial charge on any atom is -0.454 e. The summed E-state index contributed by atoms with van der Waals surface area (Å²) in [4.78, 5) is 16.4.